The van der Waals surface area contributed by atoms with Crippen LogP contribution in [0.1, 0.15) is 36.0 Å². The van der Waals surface area contributed by atoms with Gasteiger partial charge in [-0.25, -0.2) is 9.97 Å². The summed E-state index contributed by atoms with van der Waals surface area (Å²) in [5.74, 6) is 0.780. The van der Waals surface area contributed by atoms with E-state index in [1.807, 2.05) is 0 Å². The minimum Gasteiger partial charge on any atom is -0.236 e. The van der Waals surface area contributed by atoms with Gasteiger partial charge in [-0.2, -0.15) is 0 Å². The fourth-order valence-electron chi connectivity index (χ4n) is 2.00. The summed E-state index contributed by atoms with van der Waals surface area (Å²) >= 11 is 9.61. The van der Waals surface area contributed by atoms with Crippen LogP contribution in [0.25, 0.3) is 0 Å². The fourth-order valence-corrected chi connectivity index (χ4v) is 2.58. The SMILES string of the molecule is CCCc1nc(Cc2cccc(C)c2)nc(Cl)c1Br. The van der Waals surface area contributed by atoms with Crippen LogP contribution in [0.15, 0.2) is 28.7 Å². The van der Waals surface area contributed by atoms with Crippen LogP contribution in [-0.2, 0) is 12.8 Å². The zero-order chi connectivity index (χ0) is 13.8. The molecule has 0 aliphatic heterocycles. The summed E-state index contributed by atoms with van der Waals surface area (Å²) in [6, 6.07) is 8.38. The Kier molecular flexibility index (Phi) is 4.94. The van der Waals surface area contributed by atoms with E-state index in [9.17, 15) is 0 Å². The molecule has 0 aliphatic carbocycles. The van der Waals surface area contributed by atoms with Gasteiger partial charge < -0.3 is 0 Å². The van der Waals surface area contributed by atoms with Crippen molar-refractivity contribution in [2.75, 3.05) is 0 Å². The third-order valence-electron chi connectivity index (χ3n) is 2.86. The van der Waals surface area contributed by atoms with Gasteiger partial charge in [-0.1, -0.05) is 54.8 Å². The first-order chi connectivity index (χ1) is 9.10. The Morgan fingerprint density at radius 3 is 2.74 bits per heavy atom. The van der Waals surface area contributed by atoms with Crippen molar-refractivity contribution >= 4 is 27.5 Å². The van der Waals surface area contributed by atoms with Gasteiger partial charge in [0.15, 0.2) is 0 Å². The summed E-state index contributed by atoms with van der Waals surface area (Å²) < 4.78 is 0.823. The van der Waals surface area contributed by atoms with E-state index in [2.05, 4.69) is 64.0 Å². The lowest BCUT2D eigenvalue weighted by Crippen LogP contribution is -2.03. The van der Waals surface area contributed by atoms with Crippen molar-refractivity contribution in [1.29, 1.82) is 0 Å². The minimum atomic E-state index is 0.501. The first-order valence-corrected chi connectivity index (χ1v) is 7.53. The predicted molar refractivity (Wildman–Crippen MR) is 82.7 cm³/mol. The van der Waals surface area contributed by atoms with E-state index < -0.39 is 0 Å². The number of rotatable bonds is 4. The first-order valence-electron chi connectivity index (χ1n) is 6.36. The molecule has 2 aromatic rings. The van der Waals surface area contributed by atoms with Crippen LogP contribution < -0.4 is 0 Å². The van der Waals surface area contributed by atoms with Gasteiger partial charge in [0, 0.05) is 6.42 Å². The summed E-state index contributed by atoms with van der Waals surface area (Å²) in [6.07, 6.45) is 2.66. The largest absolute Gasteiger partial charge is 0.236 e. The third kappa shape index (κ3) is 3.77. The lowest BCUT2D eigenvalue weighted by atomic mass is 10.1. The molecule has 0 saturated carbocycles. The fraction of sp³-hybridized carbons (Fsp3) is 0.333. The Labute approximate surface area is 127 Å². The Bertz CT molecular complexity index is 584. The van der Waals surface area contributed by atoms with Crippen LogP contribution in [-0.4, -0.2) is 9.97 Å². The van der Waals surface area contributed by atoms with Gasteiger partial charge in [0.25, 0.3) is 0 Å². The van der Waals surface area contributed by atoms with Gasteiger partial charge in [0.2, 0.25) is 0 Å². The molecule has 0 atom stereocenters. The Hall–Kier alpha value is -0.930. The molecule has 19 heavy (non-hydrogen) atoms. The Balaban J connectivity index is 2.30. The molecule has 4 heteroatoms. The van der Waals surface area contributed by atoms with Crippen molar-refractivity contribution in [3.63, 3.8) is 0 Å². The van der Waals surface area contributed by atoms with Crippen molar-refractivity contribution in [3.05, 3.63) is 56.5 Å². The quantitative estimate of drug-likeness (QED) is 0.752. The van der Waals surface area contributed by atoms with Crippen LogP contribution in [0.4, 0.5) is 0 Å². The zero-order valence-corrected chi connectivity index (χ0v) is 13.4. The van der Waals surface area contributed by atoms with Crippen molar-refractivity contribution < 1.29 is 0 Å². The van der Waals surface area contributed by atoms with E-state index in [4.69, 9.17) is 11.6 Å². The minimum absolute atomic E-state index is 0.501. The molecule has 0 spiro atoms. The zero-order valence-electron chi connectivity index (χ0n) is 11.1. The molecule has 0 unspecified atom stereocenters. The molecule has 0 N–H and O–H groups in total. The molecule has 1 aromatic heterocycles. The van der Waals surface area contributed by atoms with Crippen molar-refractivity contribution in [2.45, 2.75) is 33.1 Å². The normalized spacial score (nSPS) is 10.7. The maximum Gasteiger partial charge on any atom is 0.147 e. The van der Waals surface area contributed by atoms with E-state index in [0.29, 0.717) is 11.6 Å². The van der Waals surface area contributed by atoms with Crippen molar-refractivity contribution in [2.24, 2.45) is 0 Å². The maximum absolute atomic E-state index is 6.15. The molecule has 2 rings (SSSR count). The molecule has 0 radical (unpaired) electrons. The van der Waals surface area contributed by atoms with Gasteiger partial charge in [0.05, 0.1) is 10.2 Å². The molecule has 100 valence electrons. The van der Waals surface area contributed by atoms with Gasteiger partial charge >= 0.3 is 0 Å². The molecule has 2 nitrogen and oxygen atoms in total. The van der Waals surface area contributed by atoms with Crippen LogP contribution in [0.3, 0.4) is 0 Å². The molecular formula is C15H16BrClN2. The van der Waals surface area contributed by atoms with Crippen LogP contribution in [0.2, 0.25) is 5.15 Å². The number of halogens is 2. The van der Waals surface area contributed by atoms with Crippen LogP contribution in [0.5, 0.6) is 0 Å². The monoisotopic (exact) mass is 338 g/mol. The lowest BCUT2D eigenvalue weighted by molar-refractivity contribution is 0.833. The highest BCUT2D eigenvalue weighted by molar-refractivity contribution is 9.10. The molecule has 0 aliphatic rings. The summed E-state index contributed by atoms with van der Waals surface area (Å²) in [5.41, 5.74) is 3.44. The van der Waals surface area contributed by atoms with E-state index >= 15 is 0 Å². The first kappa shape index (κ1) is 14.5. The number of hydrogen-bond donors (Lipinski definition) is 0. The van der Waals surface area contributed by atoms with E-state index in [1.165, 1.54) is 11.1 Å². The molecule has 1 heterocycles. The highest BCUT2D eigenvalue weighted by Gasteiger charge is 2.10. The summed E-state index contributed by atoms with van der Waals surface area (Å²) in [6.45, 7) is 4.21. The molecule has 1 aromatic carbocycles. The standard InChI is InChI=1S/C15H16BrClN2/c1-3-5-12-14(16)15(17)19-13(18-12)9-11-7-4-6-10(2)8-11/h4,6-8H,3,5,9H2,1-2H3. The van der Waals surface area contributed by atoms with E-state index in [-0.39, 0.29) is 0 Å². The summed E-state index contributed by atoms with van der Waals surface area (Å²) in [4.78, 5) is 8.95. The van der Waals surface area contributed by atoms with Crippen LogP contribution >= 0.6 is 27.5 Å². The van der Waals surface area contributed by atoms with Gasteiger partial charge in [-0.3, -0.25) is 0 Å². The second-order valence-electron chi connectivity index (χ2n) is 4.61. The number of aryl methyl sites for hydroxylation is 2. The van der Waals surface area contributed by atoms with Crippen molar-refractivity contribution in [3.8, 4) is 0 Å². The highest BCUT2D eigenvalue weighted by Crippen LogP contribution is 2.25. The molecule has 0 fully saturated rings. The second-order valence-corrected chi connectivity index (χ2v) is 5.76. The number of aromatic nitrogens is 2. The third-order valence-corrected chi connectivity index (χ3v) is 4.19. The lowest BCUT2D eigenvalue weighted by Gasteiger charge is -2.08. The number of hydrogen-bond acceptors (Lipinski definition) is 2. The number of nitrogens with zero attached hydrogens (tertiary/aromatic N) is 2. The molecule has 0 saturated heterocycles. The topological polar surface area (TPSA) is 25.8 Å². The smallest absolute Gasteiger partial charge is 0.147 e. The van der Waals surface area contributed by atoms with Gasteiger partial charge in [0.1, 0.15) is 11.0 Å². The second kappa shape index (κ2) is 6.49. The van der Waals surface area contributed by atoms with Crippen molar-refractivity contribution in [1.82, 2.24) is 9.97 Å². The molecular weight excluding hydrogens is 324 g/mol. The van der Waals surface area contributed by atoms with Crippen LogP contribution in [0, 0.1) is 6.92 Å². The Morgan fingerprint density at radius 2 is 2.05 bits per heavy atom. The molecule has 0 amide bonds. The average Bonchev–Trinajstić information content (AvgIpc) is 2.35. The average molecular weight is 340 g/mol. The summed E-state index contributed by atoms with van der Waals surface area (Å²) in [5, 5.41) is 0.501. The predicted octanol–water partition coefficient (Wildman–Crippen LogP) is 4.74. The Morgan fingerprint density at radius 1 is 1.26 bits per heavy atom. The summed E-state index contributed by atoms with van der Waals surface area (Å²) in [7, 11) is 0. The van der Waals surface area contributed by atoms with E-state index in [1.54, 1.807) is 0 Å². The van der Waals surface area contributed by atoms with Gasteiger partial charge in [-0.15, -0.1) is 0 Å². The maximum atomic E-state index is 6.15. The number of benzene rings is 1. The highest BCUT2D eigenvalue weighted by atomic mass is 79.9. The molecule has 0 bridgehead atoms. The van der Waals surface area contributed by atoms with Gasteiger partial charge in [-0.05, 0) is 34.8 Å². The van der Waals surface area contributed by atoms with E-state index in [0.717, 1.165) is 28.8 Å².